The predicted octanol–water partition coefficient (Wildman–Crippen LogP) is 2.65. The van der Waals surface area contributed by atoms with Crippen LogP contribution in [0.5, 0.6) is 0 Å². The van der Waals surface area contributed by atoms with Gasteiger partial charge in [-0.3, -0.25) is 4.79 Å². The van der Waals surface area contributed by atoms with E-state index in [2.05, 4.69) is 10.3 Å². The number of rotatable bonds is 7. The molecule has 3 N–H and O–H groups in total. The number of amides is 1. The van der Waals surface area contributed by atoms with Crippen LogP contribution >= 0.6 is 35.5 Å². The van der Waals surface area contributed by atoms with Gasteiger partial charge in [0, 0.05) is 22.1 Å². The largest absolute Gasteiger partial charge is 0.320 e. The molecule has 25 heavy (non-hydrogen) atoms. The standard InChI is InChI=1S/C15H19N3O3S3.ClH/c1-22-11-5-3-10(4-6-11)13-9-23-15(17-13)18-14(19)12(16)7-8-24(2,20)21;/h3-6,9,12H,7-8,16H2,1-2H3,(H,17,18,19);1H. The second-order valence-corrected chi connectivity index (χ2v) is 9.28. The third-order valence-corrected chi connectivity index (χ3v) is 5.74. The zero-order chi connectivity index (χ0) is 17.7. The molecular formula is C15H20ClN3O3S3. The lowest BCUT2D eigenvalue weighted by Gasteiger charge is -2.09. The van der Waals surface area contributed by atoms with E-state index in [4.69, 9.17) is 5.73 Å². The summed E-state index contributed by atoms with van der Waals surface area (Å²) >= 11 is 2.97. The van der Waals surface area contributed by atoms with Gasteiger partial charge in [-0.25, -0.2) is 13.4 Å². The number of thiazole rings is 1. The van der Waals surface area contributed by atoms with Gasteiger partial charge in [-0.2, -0.15) is 0 Å². The van der Waals surface area contributed by atoms with Gasteiger partial charge in [0.2, 0.25) is 5.91 Å². The Kier molecular flexibility index (Phi) is 8.36. The summed E-state index contributed by atoms with van der Waals surface area (Å²) in [6, 6.07) is 7.10. The topological polar surface area (TPSA) is 102 Å². The molecule has 0 saturated carbocycles. The SMILES string of the molecule is CSc1ccc(-c2csc(NC(=O)C(N)CCS(C)(=O)=O)n2)cc1.Cl. The molecule has 1 unspecified atom stereocenters. The van der Waals surface area contributed by atoms with Crippen molar-refractivity contribution in [1.29, 1.82) is 0 Å². The summed E-state index contributed by atoms with van der Waals surface area (Å²) in [6.45, 7) is 0. The molecule has 1 heterocycles. The zero-order valence-corrected chi connectivity index (χ0v) is 17.0. The van der Waals surface area contributed by atoms with Crippen LogP contribution in [-0.4, -0.2) is 43.6 Å². The van der Waals surface area contributed by atoms with Crippen LogP contribution in [-0.2, 0) is 14.6 Å². The second kappa shape index (κ2) is 9.54. The van der Waals surface area contributed by atoms with E-state index in [0.717, 1.165) is 17.5 Å². The van der Waals surface area contributed by atoms with Crippen molar-refractivity contribution in [1.82, 2.24) is 4.98 Å². The van der Waals surface area contributed by atoms with Crippen LogP contribution in [0.4, 0.5) is 5.13 Å². The molecule has 6 nitrogen and oxygen atoms in total. The van der Waals surface area contributed by atoms with Crippen LogP contribution in [0.3, 0.4) is 0 Å². The molecule has 0 radical (unpaired) electrons. The van der Waals surface area contributed by atoms with Crippen molar-refractivity contribution < 1.29 is 13.2 Å². The molecule has 1 atom stereocenters. The third kappa shape index (κ3) is 6.95. The molecule has 1 amide bonds. The van der Waals surface area contributed by atoms with Gasteiger partial charge < -0.3 is 11.1 Å². The molecular weight excluding hydrogens is 402 g/mol. The van der Waals surface area contributed by atoms with Gasteiger partial charge in [0.25, 0.3) is 0 Å². The van der Waals surface area contributed by atoms with Gasteiger partial charge in [0.05, 0.1) is 17.5 Å². The van der Waals surface area contributed by atoms with E-state index in [-0.39, 0.29) is 24.6 Å². The Morgan fingerprint density at radius 2 is 2.00 bits per heavy atom. The van der Waals surface area contributed by atoms with E-state index in [1.54, 1.807) is 11.8 Å². The van der Waals surface area contributed by atoms with Crippen molar-refractivity contribution in [2.75, 3.05) is 23.6 Å². The lowest BCUT2D eigenvalue weighted by molar-refractivity contribution is -0.117. The molecule has 0 fully saturated rings. The fourth-order valence-corrected chi connectivity index (χ4v) is 3.71. The molecule has 0 spiro atoms. The summed E-state index contributed by atoms with van der Waals surface area (Å²) in [5.74, 6) is -0.552. The number of nitrogens with zero attached hydrogens (tertiary/aromatic N) is 1. The number of anilines is 1. The highest BCUT2D eigenvalue weighted by atomic mass is 35.5. The van der Waals surface area contributed by atoms with E-state index in [1.807, 2.05) is 35.9 Å². The van der Waals surface area contributed by atoms with Gasteiger partial charge in [0.1, 0.15) is 9.84 Å². The maximum atomic E-state index is 12.0. The number of benzene rings is 1. The number of hydrogen-bond acceptors (Lipinski definition) is 7. The fraction of sp³-hybridized carbons (Fsp3) is 0.333. The van der Waals surface area contributed by atoms with Gasteiger partial charge in [0.15, 0.2) is 5.13 Å². The van der Waals surface area contributed by atoms with Gasteiger partial charge in [-0.05, 0) is 24.8 Å². The number of halogens is 1. The fourth-order valence-electron chi connectivity index (χ4n) is 1.90. The number of nitrogens with two attached hydrogens (primary N) is 1. The van der Waals surface area contributed by atoms with Crippen molar-refractivity contribution in [2.45, 2.75) is 17.4 Å². The number of thioether (sulfide) groups is 1. The van der Waals surface area contributed by atoms with Crippen LogP contribution in [0.2, 0.25) is 0 Å². The van der Waals surface area contributed by atoms with Crippen LogP contribution in [0.15, 0.2) is 34.5 Å². The van der Waals surface area contributed by atoms with Crippen LogP contribution < -0.4 is 11.1 Å². The first-order valence-electron chi connectivity index (χ1n) is 7.12. The number of carbonyl (C=O) groups excluding carboxylic acids is 1. The van der Waals surface area contributed by atoms with Gasteiger partial charge >= 0.3 is 0 Å². The number of hydrogen-bond donors (Lipinski definition) is 2. The molecule has 0 aliphatic carbocycles. The van der Waals surface area contributed by atoms with Crippen molar-refractivity contribution in [3.63, 3.8) is 0 Å². The summed E-state index contributed by atoms with van der Waals surface area (Å²) in [5.41, 5.74) is 7.45. The zero-order valence-electron chi connectivity index (χ0n) is 13.8. The molecule has 1 aromatic carbocycles. The maximum absolute atomic E-state index is 12.0. The van der Waals surface area contributed by atoms with Crippen molar-refractivity contribution >= 4 is 56.4 Å². The monoisotopic (exact) mass is 421 g/mol. The first-order chi connectivity index (χ1) is 11.3. The van der Waals surface area contributed by atoms with E-state index in [1.165, 1.54) is 16.2 Å². The van der Waals surface area contributed by atoms with Crippen LogP contribution in [0.25, 0.3) is 11.3 Å². The molecule has 2 rings (SSSR count). The van der Waals surface area contributed by atoms with E-state index < -0.39 is 21.8 Å². The van der Waals surface area contributed by atoms with Gasteiger partial charge in [-0.15, -0.1) is 35.5 Å². The minimum atomic E-state index is -3.14. The Bertz CT molecular complexity index is 807. The molecule has 10 heteroatoms. The van der Waals surface area contributed by atoms with E-state index >= 15 is 0 Å². The van der Waals surface area contributed by atoms with Crippen molar-refractivity contribution in [3.05, 3.63) is 29.6 Å². The summed E-state index contributed by atoms with van der Waals surface area (Å²) in [4.78, 5) is 17.5. The predicted molar refractivity (Wildman–Crippen MR) is 108 cm³/mol. The average molecular weight is 422 g/mol. The Morgan fingerprint density at radius 1 is 1.36 bits per heavy atom. The molecule has 0 saturated heterocycles. The Labute approximate surface area is 161 Å². The van der Waals surface area contributed by atoms with Gasteiger partial charge in [-0.1, -0.05) is 12.1 Å². The highest BCUT2D eigenvalue weighted by Gasteiger charge is 2.17. The number of nitrogens with one attached hydrogen (secondary N) is 1. The molecule has 138 valence electrons. The van der Waals surface area contributed by atoms with Crippen molar-refractivity contribution in [2.24, 2.45) is 5.73 Å². The molecule has 0 bridgehead atoms. The Balaban J connectivity index is 0.00000312. The number of aromatic nitrogens is 1. The highest BCUT2D eigenvalue weighted by Crippen LogP contribution is 2.26. The first-order valence-corrected chi connectivity index (χ1v) is 11.3. The average Bonchev–Trinajstić information content (AvgIpc) is 3.00. The molecule has 2 aromatic rings. The maximum Gasteiger partial charge on any atom is 0.243 e. The highest BCUT2D eigenvalue weighted by molar-refractivity contribution is 7.98. The minimum absolute atomic E-state index is 0. The first kappa shape index (κ1) is 21.9. The molecule has 0 aliphatic heterocycles. The number of carbonyl (C=O) groups is 1. The summed E-state index contributed by atoms with van der Waals surface area (Å²) in [7, 11) is -3.14. The normalized spacial score (nSPS) is 12.3. The lowest BCUT2D eigenvalue weighted by atomic mass is 10.2. The summed E-state index contributed by atoms with van der Waals surface area (Å²) in [6.07, 6.45) is 3.21. The van der Waals surface area contributed by atoms with Crippen LogP contribution in [0.1, 0.15) is 6.42 Å². The molecule has 1 aromatic heterocycles. The van der Waals surface area contributed by atoms with Crippen LogP contribution in [0, 0.1) is 0 Å². The van der Waals surface area contributed by atoms with Crippen molar-refractivity contribution in [3.8, 4) is 11.3 Å². The quantitative estimate of drug-likeness (QED) is 0.666. The van der Waals surface area contributed by atoms with E-state index in [0.29, 0.717) is 5.13 Å². The lowest BCUT2D eigenvalue weighted by Crippen LogP contribution is -2.37. The molecule has 0 aliphatic rings. The smallest absolute Gasteiger partial charge is 0.243 e. The third-order valence-electron chi connectivity index (χ3n) is 3.26. The summed E-state index contributed by atoms with van der Waals surface area (Å²) < 4.78 is 22.2. The Morgan fingerprint density at radius 3 is 2.56 bits per heavy atom. The number of sulfone groups is 1. The Hall–Kier alpha value is -1.13. The summed E-state index contributed by atoms with van der Waals surface area (Å²) in [5, 5.41) is 4.93. The van der Waals surface area contributed by atoms with E-state index in [9.17, 15) is 13.2 Å². The second-order valence-electron chi connectivity index (χ2n) is 5.28. The minimum Gasteiger partial charge on any atom is -0.320 e.